The van der Waals surface area contributed by atoms with Crippen molar-refractivity contribution in [1.82, 2.24) is 24.8 Å². The SMILES string of the molecule is Cc1cc(N)nc(-c2ncc3c(N4CCC=CCC4)nc(OCC4CCCN4C)nc3c2F)c1C(F)(F)F. The summed E-state index contributed by atoms with van der Waals surface area (Å²) in [4.78, 5) is 21.0. The molecule has 0 amide bonds. The van der Waals surface area contributed by atoms with Gasteiger partial charge in [-0.25, -0.2) is 9.37 Å². The lowest BCUT2D eigenvalue weighted by atomic mass is 10.0. The summed E-state index contributed by atoms with van der Waals surface area (Å²) in [6, 6.07) is 1.24. The van der Waals surface area contributed by atoms with E-state index in [2.05, 4.69) is 37.0 Å². The van der Waals surface area contributed by atoms with E-state index in [4.69, 9.17) is 10.5 Å². The number of nitrogen functional groups attached to an aromatic ring is 1. The first kappa shape index (κ1) is 26.1. The molecule has 0 aromatic carbocycles. The number of anilines is 2. The molecular formula is C26H29F4N7O. The molecule has 0 spiro atoms. The first-order valence-electron chi connectivity index (χ1n) is 12.6. The second-order valence-corrected chi connectivity index (χ2v) is 9.72. The van der Waals surface area contributed by atoms with Crippen LogP contribution in [0.3, 0.4) is 0 Å². The van der Waals surface area contributed by atoms with Gasteiger partial charge in [-0.3, -0.25) is 4.98 Å². The molecule has 1 fully saturated rings. The summed E-state index contributed by atoms with van der Waals surface area (Å²) in [6.45, 7) is 3.78. The monoisotopic (exact) mass is 531 g/mol. The summed E-state index contributed by atoms with van der Waals surface area (Å²) < 4.78 is 63.9. The summed E-state index contributed by atoms with van der Waals surface area (Å²) in [5.41, 5.74) is 3.05. The van der Waals surface area contributed by atoms with Crippen LogP contribution in [-0.2, 0) is 6.18 Å². The van der Waals surface area contributed by atoms with Gasteiger partial charge in [0.15, 0.2) is 5.82 Å². The van der Waals surface area contributed by atoms with Crippen LogP contribution in [-0.4, -0.2) is 64.2 Å². The van der Waals surface area contributed by atoms with Gasteiger partial charge in [0, 0.05) is 25.3 Å². The summed E-state index contributed by atoms with van der Waals surface area (Å²) in [5.74, 6) is -0.777. The molecule has 38 heavy (non-hydrogen) atoms. The third kappa shape index (κ3) is 5.09. The summed E-state index contributed by atoms with van der Waals surface area (Å²) in [6.07, 6.45) is 4.19. The van der Waals surface area contributed by atoms with E-state index in [1.165, 1.54) is 13.1 Å². The van der Waals surface area contributed by atoms with E-state index in [-0.39, 0.29) is 34.3 Å². The molecule has 5 heterocycles. The summed E-state index contributed by atoms with van der Waals surface area (Å²) in [7, 11) is 2.01. The van der Waals surface area contributed by atoms with Crippen LogP contribution in [0.5, 0.6) is 6.01 Å². The van der Waals surface area contributed by atoms with Crippen LogP contribution in [0.4, 0.5) is 29.2 Å². The second kappa shape index (κ2) is 10.3. The van der Waals surface area contributed by atoms with Crippen LogP contribution >= 0.6 is 0 Å². The Bertz CT molecular complexity index is 1370. The molecule has 2 N–H and O–H groups in total. The maximum atomic E-state index is 16.1. The Hall–Kier alpha value is -3.54. The van der Waals surface area contributed by atoms with E-state index < -0.39 is 28.9 Å². The number of ether oxygens (including phenoxy) is 1. The molecule has 0 saturated carbocycles. The molecule has 0 aliphatic carbocycles. The third-order valence-electron chi connectivity index (χ3n) is 7.06. The average molecular weight is 532 g/mol. The van der Waals surface area contributed by atoms with Crippen LogP contribution in [0.2, 0.25) is 0 Å². The molecule has 3 aromatic rings. The van der Waals surface area contributed by atoms with Gasteiger partial charge in [0.05, 0.1) is 10.9 Å². The fourth-order valence-corrected chi connectivity index (χ4v) is 5.10. The van der Waals surface area contributed by atoms with E-state index in [1.54, 1.807) is 0 Å². The number of fused-ring (bicyclic) bond motifs is 1. The van der Waals surface area contributed by atoms with Crippen molar-refractivity contribution in [2.24, 2.45) is 0 Å². The number of halogens is 4. The van der Waals surface area contributed by atoms with Crippen LogP contribution < -0.4 is 15.4 Å². The van der Waals surface area contributed by atoms with Crippen molar-refractivity contribution in [2.75, 3.05) is 43.9 Å². The zero-order chi connectivity index (χ0) is 27.0. The van der Waals surface area contributed by atoms with Crippen LogP contribution in [0.1, 0.15) is 36.8 Å². The van der Waals surface area contributed by atoms with Gasteiger partial charge in [0.25, 0.3) is 0 Å². The molecule has 0 radical (unpaired) electrons. The van der Waals surface area contributed by atoms with Gasteiger partial charge >= 0.3 is 12.2 Å². The first-order chi connectivity index (χ1) is 18.1. The number of hydrogen-bond donors (Lipinski definition) is 1. The number of rotatable bonds is 5. The molecule has 202 valence electrons. The average Bonchev–Trinajstić information content (AvgIpc) is 3.08. The maximum absolute atomic E-state index is 16.1. The molecule has 2 aliphatic heterocycles. The molecular weight excluding hydrogens is 502 g/mol. The Labute approximate surface area is 217 Å². The fraction of sp³-hybridized carbons (Fsp3) is 0.462. The highest BCUT2D eigenvalue weighted by molar-refractivity contribution is 5.92. The van der Waals surface area contributed by atoms with E-state index in [1.807, 2.05) is 11.9 Å². The maximum Gasteiger partial charge on any atom is 0.418 e. The first-order valence-corrected chi connectivity index (χ1v) is 12.6. The predicted molar refractivity (Wildman–Crippen MR) is 136 cm³/mol. The topological polar surface area (TPSA) is 93.3 Å². The number of hydrogen-bond acceptors (Lipinski definition) is 8. The molecule has 3 aromatic heterocycles. The lowest BCUT2D eigenvalue weighted by Gasteiger charge is -2.24. The van der Waals surface area contributed by atoms with Gasteiger partial charge in [-0.05, 0) is 57.8 Å². The number of aromatic nitrogens is 4. The van der Waals surface area contributed by atoms with Crippen LogP contribution in [0, 0.1) is 12.7 Å². The van der Waals surface area contributed by atoms with Gasteiger partial charge in [0.1, 0.15) is 35.1 Å². The van der Waals surface area contributed by atoms with Crippen molar-refractivity contribution < 1.29 is 22.3 Å². The van der Waals surface area contributed by atoms with Gasteiger partial charge in [-0.1, -0.05) is 12.2 Å². The summed E-state index contributed by atoms with van der Waals surface area (Å²) in [5, 5.41) is 0.285. The number of nitrogens with zero attached hydrogens (tertiary/aromatic N) is 6. The summed E-state index contributed by atoms with van der Waals surface area (Å²) >= 11 is 0. The van der Waals surface area contributed by atoms with Crippen LogP contribution in [0.15, 0.2) is 24.4 Å². The molecule has 1 saturated heterocycles. The van der Waals surface area contributed by atoms with Gasteiger partial charge in [-0.15, -0.1) is 0 Å². The minimum atomic E-state index is -4.79. The van der Waals surface area contributed by atoms with Gasteiger partial charge in [-0.2, -0.15) is 23.1 Å². The van der Waals surface area contributed by atoms with Crippen LogP contribution in [0.25, 0.3) is 22.3 Å². The molecule has 8 nitrogen and oxygen atoms in total. The van der Waals surface area contributed by atoms with Crippen molar-refractivity contribution in [3.63, 3.8) is 0 Å². The number of alkyl halides is 3. The number of pyridine rings is 2. The Balaban J connectivity index is 1.65. The highest BCUT2D eigenvalue weighted by Gasteiger charge is 2.38. The van der Waals surface area contributed by atoms with Gasteiger partial charge in [0.2, 0.25) is 0 Å². The van der Waals surface area contributed by atoms with Gasteiger partial charge < -0.3 is 20.3 Å². The van der Waals surface area contributed by atoms with E-state index in [0.29, 0.717) is 25.5 Å². The van der Waals surface area contributed by atoms with Crippen molar-refractivity contribution >= 4 is 22.5 Å². The predicted octanol–water partition coefficient (Wildman–Crippen LogP) is 4.76. The number of nitrogens with two attached hydrogens (primary N) is 1. The minimum absolute atomic E-state index is 0.0335. The van der Waals surface area contributed by atoms with E-state index in [0.717, 1.165) is 38.3 Å². The van der Waals surface area contributed by atoms with Crippen molar-refractivity contribution in [3.8, 4) is 17.4 Å². The fourth-order valence-electron chi connectivity index (χ4n) is 5.10. The highest BCUT2D eigenvalue weighted by atomic mass is 19.4. The Morgan fingerprint density at radius 2 is 1.82 bits per heavy atom. The largest absolute Gasteiger partial charge is 0.462 e. The van der Waals surface area contributed by atoms with Crippen molar-refractivity contribution in [1.29, 1.82) is 0 Å². The zero-order valence-corrected chi connectivity index (χ0v) is 21.2. The Morgan fingerprint density at radius 1 is 1.08 bits per heavy atom. The Morgan fingerprint density at radius 3 is 2.47 bits per heavy atom. The third-order valence-corrected chi connectivity index (χ3v) is 7.06. The van der Waals surface area contributed by atoms with Crippen molar-refractivity contribution in [2.45, 2.75) is 44.8 Å². The quantitative estimate of drug-likeness (QED) is 0.372. The number of likely N-dealkylation sites (tertiary alicyclic amines) is 1. The lowest BCUT2D eigenvalue weighted by molar-refractivity contribution is -0.137. The van der Waals surface area contributed by atoms with E-state index >= 15 is 4.39 Å². The molecule has 12 heteroatoms. The normalized spacial score (nSPS) is 18.8. The lowest BCUT2D eigenvalue weighted by Crippen LogP contribution is -2.31. The highest BCUT2D eigenvalue weighted by Crippen LogP contribution is 2.40. The molecule has 0 bridgehead atoms. The molecule has 2 aliphatic rings. The van der Waals surface area contributed by atoms with Crippen molar-refractivity contribution in [3.05, 3.63) is 41.4 Å². The zero-order valence-electron chi connectivity index (χ0n) is 21.2. The number of likely N-dealkylation sites (N-methyl/N-ethyl adjacent to an activating group) is 1. The Kier molecular flexibility index (Phi) is 7.08. The number of aryl methyl sites for hydroxylation is 1. The minimum Gasteiger partial charge on any atom is -0.462 e. The standard InChI is InChI=1S/C26H29F4N7O/c1-15-12-18(31)33-22(19(15)26(28,29)30)23-20(27)21-17(13-32-23)24(37-10-5-3-4-6-11-37)35-25(34-21)38-14-16-8-7-9-36(16)2/h3-4,12-13,16H,5-11,14H2,1-2H3,(H2,31,33). The molecule has 5 rings (SSSR count). The molecule has 1 atom stereocenters. The smallest absolute Gasteiger partial charge is 0.418 e. The molecule has 1 unspecified atom stereocenters. The second-order valence-electron chi connectivity index (χ2n) is 9.72. The van der Waals surface area contributed by atoms with E-state index in [9.17, 15) is 13.2 Å².